The van der Waals surface area contributed by atoms with Gasteiger partial charge < -0.3 is 5.32 Å². The van der Waals surface area contributed by atoms with E-state index in [9.17, 15) is 0 Å². The largest absolute Gasteiger partial charge is 0.373 e. The highest BCUT2D eigenvalue weighted by molar-refractivity contribution is 9.10. The molecule has 4 heteroatoms. The first-order valence-electron chi connectivity index (χ1n) is 6.81. The monoisotopic (exact) mass is 333 g/mol. The molecule has 0 saturated carbocycles. The molecule has 1 N–H and O–H groups in total. The normalized spacial score (nSPS) is 10.9. The highest BCUT2D eigenvalue weighted by atomic mass is 79.9. The minimum Gasteiger partial charge on any atom is -0.373 e. The summed E-state index contributed by atoms with van der Waals surface area (Å²) in [6.45, 7) is 6.39. The van der Waals surface area contributed by atoms with Crippen LogP contribution in [0.15, 0.2) is 28.7 Å². The maximum atomic E-state index is 4.67. The van der Waals surface area contributed by atoms with E-state index in [4.69, 9.17) is 0 Å². The molecule has 0 radical (unpaired) electrons. The fraction of sp³-hybridized carbons (Fsp3) is 0.375. The quantitative estimate of drug-likeness (QED) is 0.906. The summed E-state index contributed by atoms with van der Waals surface area (Å²) in [4.78, 5) is 9.33. The van der Waals surface area contributed by atoms with Crippen molar-refractivity contribution >= 4 is 21.7 Å². The Morgan fingerprint density at radius 1 is 1.20 bits per heavy atom. The van der Waals surface area contributed by atoms with E-state index in [0.717, 1.165) is 28.2 Å². The zero-order valence-corrected chi connectivity index (χ0v) is 14.0. The molecular weight excluding hydrogens is 314 g/mol. The van der Waals surface area contributed by atoms with Gasteiger partial charge >= 0.3 is 0 Å². The van der Waals surface area contributed by atoms with Crippen LogP contribution in [-0.4, -0.2) is 17.0 Å². The van der Waals surface area contributed by atoms with E-state index in [1.54, 1.807) is 0 Å². The van der Waals surface area contributed by atoms with Gasteiger partial charge in [-0.15, -0.1) is 0 Å². The summed E-state index contributed by atoms with van der Waals surface area (Å²) in [6.07, 6.45) is 0.731. The summed E-state index contributed by atoms with van der Waals surface area (Å²) >= 11 is 3.57. The van der Waals surface area contributed by atoms with E-state index in [1.807, 2.05) is 25.2 Å². The van der Waals surface area contributed by atoms with Crippen molar-refractivity contribution in [3.05, 3.63) is 51.4 Å². The van der Waals surface area contributed by atoms with Gasteiger partial charge in [0.05, 0.1) is 0 Å². The molecule has 1 heterocycles. The molecule has 0 spiro atoms. The SMILES string of the molecule is CNc1nc(Cc2ccccc2Br)nc(C)c1C(C)C. The molecule has 106 valence electrons. The van der Waals surface area contributed by atoms with Crippen LogP contribution < -0.4 is 5.32 Å². The van der Waals surface area contributed by atoms with Gasteiger partial charge in [-0.3, -0.25) is 0 Å². The molecule has 0 fully saturated rings. The van der Waals surface area contributed by atoms with Crippen molar-refractivity contribution in [1.29, 1.82) is 0 Å². The van der Waals surface area contributed by atoms with Crippen LogP contribution in [0.1, 0.15) is 42.4 Å². The van der Waals surface area contributed by atoms with Gasteiger partial charge in [-0.25, -0.2) is 9.97 Å². The van der Waals surface area contributed by atoms with E-state index in [-0.39, 0.29) is 0 Å². The Morgan fingerprint density at radius 2 is 1.90 bits per heavy atom. The van der Waals surface area contributed by atoms with Crippen LogP contribution in [0.5, 0.6) is 0 Å². The number of nitrogens with zero attached hydrogens (tertiary/aromatic N) is 2. The van der Waals surface area contributed by atoms with Crippen molar-refractivity contribution in [2.24, 2.45) is 0 Å². The second-order valence-electron chi connectivity index (χ2n) is 5.16. The number of hydrogen-bond acceptors (Lipinski definition) is 3. The molecule has 0 atom stereocenters. The Kier molecular flexibility index (Phi) is 4.76. The zero-order valence-electron chi connectivity index (χ0n) is 12.4. The first kappa shape index (κ1) is 15.0. The van der Waals surface area contributed by atoms with E-state index >= 15 is 0 Å². The first-order chi connectivity index (χ1) is 9.52. The second-order valence-corrected chi connectivity index (χ2v) is 6.01. The third-order valence-corrected chi connectivity index (χ3v) is 4.08. The van der Waals surface area contributed by atoms with Crippen molar-refractivity contribution < 1.29 is 0 Å². The summed E-state index contributed by atoms with van der Waals surface area (Å²) in [5.74, 6) is 2.20. The molecule has 3 nitrogen and oxygen atoms in total. The third kappa shape index (κ3) is 3.18. The molecule has 0 bridgehead atoms. The predicted octanol–water partition coefficient (Wildman–Crippen LogP) is 4.30. The minimum atomic E-state index is 0.412. The fourth-order valence-corrected chi connectivity index (χ4v) is 2.84. The number of halogens is 1. The molecule has 0 saturated heterocycles. The Balaban J connectivity index is 2.39. The third-order valence-electron chi connectivity index (χ3n) is 3.30. The number of anilines is 1. The van der Waals surface area contributed by atoms with Crippen LogP contribution in [0.2, 0.25) is 0 Å². The van der Waals surface area contributed by atoms with Gasteiger partial charge in [0, 0.05) is 29.2 Å². The van der Waals surface area contributed by atoms with Crippen LogP contribution in [0.3, 0.4) is 0 Å². The number of nitrogens with one attached hydrogen (secondary N) is 1. The van der Waals surface area contributed by atoms with Gasteiger partial charge in [-0.1, -0.05) is 48.0 Å². The number of benzene rings is 1. The summed E-state index contributed by atoms with van der Waals surface area (Å²) in [5.41, 5.74) is 3.45. The fourth-order valence-electron chi connectivity index (χ4n) is 2.41. The molecule has 0 unspecified atom stereocenters. The van der Waals surface area contributed by atoms with Crippen LogP contribution in [0, 0.1) is 6.92 Å². The lowest BCUT2D eigenvalue weighted by Crippen LogP contribution is -2.09. The van der Waals surface area contributed by atoms with Crippen molar-refractivity contribution in [3.8, 4) is 0 Å². The van der Waals surface area contributed by atoms with Crippen molar-refractivity contribution in [2.45, 2.75) is 33.1 Å². The van der Waals surface area contributed by atoms with E-state index in [2.05, 4.69) is 58.1 Å². The van der Waals surface area contributed by atoms with Crippen LogP contribution in [0.4, 0.5) is 5.82 Å². The molecule has 1 aromatic heterocycles. The molecule has 0 aliphatic rings. The van der Waals surface area contributed by atoms with Gasteiger partial charge in [0.25, 0.3) is 0 Å². The van der Waals surface area contributed by atoms with E-state index < -0.39 is 0 Å². The average molecular weight is 334 g/mol. The van der Waals surface area contributed by atoms with Gasteiger partial charge in [-0.05, 0) is 24.5 Å². The lowest BCUT2D eigenvalue weighted by Gasteiger charge is -2.15. The van der Waals surface area contributed by atoms with Crippen molar-refractivity contribution in [1.82, 2.24) is 9.97 Å². The lowest BCUT2D eigenvalue weighted by molar-refractivity contribution is 0.813. The Morgan fingerprint density at radius 3 is 2.50 bits per heavy atom. The van der Waals surface area contributed by atoms with Crippen LogP contribution in [0.25, 0.3) is 0 Å². The van der Waals surface area contributed by atoms with E-state index in [1.165, 1.54) is 11.1 Å². The molecule has 1 aromatic carbocycles. The zero-order chi connectivity index (χ0) is 14.7. The van der Waals surface area contributed by atoms with Crippen molar-refractivity contribution in [3.63, 3.8) is 0 Å². The highest BCUT2D eigenvalue weighted by Crippen LogP contribution is 2.26. The van der Waals surface area contributed by atoms with E-state index in [0.29, 0.717) is 5.92 Å². The molecule has 0 aliphatic heterocycles. The number of aromatic nitrogens is 2. The molecule has 0 aliphatic carbocycles. The summed E-state index contributed by atoms with van der Waals surface area (Å²) in [6, 6.07) is 8.19. The predicted molar refractivity (Wildman–Crippen MR) is 87.4 cm³/mol. The number of aryl methyl sites for hydroxylation is 1. The smallest absolute Gasteiger partial charge is 0.135 e. The first-order valence-corrected chi connectivity index (χ1v) is 7.60. The minimum absolute atomic E-state index is 0.412. The van der Waals surface area contributed by atoms with Crippen molar-refractivity contribution in [2.75, 3.05) is 12.4 Å². The van der Waals surface area contributed by atoms with Gasteiger partial charge in [0.1, 0.15) is 11.6 Å². The summed E-state index contributed by atoms with van der Waals surface area (Å²) in [5, 5.41) is 3.20. The maximum Gasteiger partial charge on any atom is 0.135 e. The number of rotatable bonds is 4. The number of hydrogen-bond donors (Lipinski definition) is 1. The van der Waals surface area contributed by atoms with Crippen LogP contribution >= 0.6 is 15.9 Å². The molecular formula is C16H20BrN3. The molecule has 2 aromatic rings. The second kappa shape index (κ2) is 6.35. The highest BCUT2D eigenvalue weighted by Gasteiger charge is 2.14. The maximum absolute atomic E-state index is 4.67. The average Bonchev–Trinajstić information content (AvgIpc) is 2.40. The standard InChI is InChI=1S/C16H20BrN3/c1-10(2)15-11(3)19-14(20-16(15)18-4)9-12-7-5-6-8-13(12)17/h5-8,10H,9H2,1-4H3,(H,18,19,20). The topological polar surface area (TPSA) is 37.8 Å². The van der Waals surface area contributed by atoms with Crippen LogP contribution in [-0.2, 0) is 6.42 Å². The Hall–Kier alpha value is -1.42. The molecule has 2 rings (SSSR count). The molecule has 20 heavy (non-hydrogen) atoms. The summed E-state index contributed by atoms with van der Waals surface area (Å²) in [7, 11) is 1.91. The van der Waals surface area contributed by atoms with Gasteiger partial charge in [0.15, 0.2) is 0 Å². The Labute approximate surface area is 129 Å². The Bertz CT molecular complexity index is 609. The lowest BCUT2D eigenvalue weighted by atomic mass is 10.0. The van der Waals surface area contributed by atoms with Gasteiger partial charge in [0.2, 0.25) is 0 Å². The summed E-state index contributed by atoms with van der Waals surface area (Å²) < 4.78 is 1.10. The van der Waals surface area contributed by atoms with Gasteiger partial charge in [-0.2, -0.15) is 0 Å². The molecule has 0 amide bonds.